The molecule has 1 atom stereocenters. The van der Waals surface area contributed by atoms with E-state index in [2.05, 4.69) is 84.0 Å². The van der Waals surface area contributed by atoms with E-state index in [4.69, 9.17) is 0 Å². The van der Waals surface area contributed by atoms with Gasteiger partial charge >= 0.3 is 166 Å². The molecule has 0 heterocycles. The molecule has 2 aliphatic carbocycles. The Morgan fingerprint density at radius 3 is 2.32 bits per heavy atom. The van der Waals surface area contributed by atoms with Crippen LogP contribution in [0.3, 0.4) is 0 Å². The zero-order valence-corrected chi connectivity index (χ0v) is 19.3. The van der Waals surface area contributed by atoms with E-state index in [1.165, 1.54) is 12.0 Å². The molecule has 0 spiro atoms. The van der Waals surface area contributed by atoms with Gasteiger partial charge in [-0.3, -0.25) is 0 Å². The summed E-state index contributed by atoms with van der Waals surface area (Å²) >= 11 is -0.750. The van der Waals surface area contributed by atoms with Crippen LogP contribution in [0.1, 0.15) is 55.8 Å². The number of allylic oxidation sites excluding steroid dienone is 4. The van der Waals surface area contributed by atoms with Crippen molar-refractivity contribution in [1.29, 1.82) is 0 Å². The molecule has 0 aliphatic heterocycles. The summed E-state index contributed by atoms with van der Waals surface area (Å²) in [5, 5.41) is 0. The maximum absolute atomic E-state index is 2.50. The molecule has 132 valence electrons. The molecule has 1 aromatic carbocycles. The van der Waals surface area contributed by atoms with Gasteiger partial charge in [0.2, 0.25) is 0 Å². The van der Waals surface area contributed by atoms with Crippen LogP contribution in [0.5, 0.6) is 0 Å². The van der Waals surface area contributed by atoms with E-state index in [0.717, 1.165) is 6.54 Å². The van der Waals surface area contributed by atoms with E-state index in [0.29, 0.717) is 3.63 Å². The van der Waals surface area contributed by atoms with Crippen LogP contribution in [-0.2, 0) is 23.2 Å². The average Bonchev–Trinajstić information content (AvgIpc) is 2.98. The quantitative estimate of drug-likeness (QED) is 0.590. The molecule has 2 heteroatoms. The van der Waals surface area contributed by atoms with Crippen LogP contribution in [0.15, 0.2) is 49.8 Å². The second kappa shape index (κ2) is 7.12. The predicted octanol–water partition coefficient (Wildman–Crippen LogP) is 5.81. The molecule has 0 aromatic heterocycles. The summed E-state index contributed by atoms with van der Waals surface area (Å²) in [6, 6.07) is 9.10. The summed E-state index contributed by atoms with van der Waals surface area (Å²) in [5.41, 5.74) is 9.76. The summed E-state index contributed by atoms with van der Waals surface area (Å²) in [6.07, 6.45) is 3.70. The molecule has 25 heavy (non-hydrogen) atoms. The van der Waals surface area contributed by atoms with Gasteiger partial charge < -0.3 is 0 Å². The van der Waals surface area contributed by atoms with Gasteiger partial charge in [0.05, 0.1) is 0 Å². The Balaban J connectivity index is 1.93. The fourth-order valence-electron chi connectivity index (χ4n) is 4.15. The van der Waals surface area contributed by atoms with Gasteiger partial charge in [0.15, 0.2) is 0 Å². The fourth-order valence-corrected chi connectivity index (χ4v) is 9.25. The third-order valence-corrected chi connectivity index (χ3v) is 11.8. The van der Waals surface area contributed by atoms with Gasteiger partial charge in [-0.2, -0.15) is 0 Å². The normalized spacial score (nSPS) is 21.9. The van der Waals surface area contributed by atoms with Crippen molar-refractivity contribution in [1.82, 2.24) is 4.90 Å². The van der Waals surface area contributed by atoms with E-state index in [-0.39, 0.29) is 5.41 Å². The molecule has 0 N–H and O–H groups in total. The van der Waals surface area contributed by atoms with E-state index in [1.807, 2.05) is 3.28 Å². The first-order valence-electron chi connectivity index (χ1n) is 9.33. The van der Waals surface area contributed by atoms with Crippen molar-refractivity contribution in [2.24, 2.45) is 5.41 Å². The van der Waals surface area contributed by atoms with Crippen LogP contribution in [0.25, 0.3) is 6.08 Å². The van der Waals surface area contributed by atoms with Crippen LogP contribution >= 0.6 is 0 Å². The van der Waals surface area contributed by atoms with E-state index >= 15 is 0 Å². The number of fused-ring (bicyclic) bond motifs is 1. The van der Waals surface area contributed by atoms with Crippen molar-refractivity contribution in [3.8, 4) is 0 Å². The Kier molecular flexibility index (Phi) is 5.43. The molecule has 0 bridgehead atoms. The number of hydrogen-bond acceptors (Lipinski definition) is 1. The van der Waals surface area contributed by atoms with Gasteiger partial charge in [-0.05, 0) is 0 Å². The Morgan fingerprint density at radius 1 is 1.04 bits per heavy atom. The van der Waals surface area contributed by atoms with E-state index in [1.54, 1.807) is 27.9 Å². The van der Waals surface area contributed by atoms with E-state index < -0.39 is 23.2 Å². The van der Waals surface area contributed by atoms with Crippen molar-refractivity contribution in [3.05, 3.63) is 61.0 Å². The molecular weight excluding hydrogens is 381 g/mol. The topological polar surface area (TPSA) is 3.24 Å². The van der Waals surface area contributed by atoms with Crippen molar-refractivity contribution in [3.63, 3.8) is 0 Å². The van der Waals surface area contributed by atoms with E-state index in [9.17, 15) is 0 Å². The SMILES string of the molecule is CC1=C(C)C(C)(C)[C]([Zr][CH]2C(CCN(C)C)=Cc3ccccc32)=C1C. The predicted molar refractivity (Wildman–Crippen MR) is 105 cm³/mol. The van der Waals surface area contributed by atoms with Crippen molar-refractivity contribution in [2.45, 2.75) is 44.7 Å². The molecule has 0 radical (unpaired) electrons. The van der Waals surface area contributed by atoms with Crippen LogP contribution in [0.2, 0.25) is 0 Å². The van der Waals surface area contributed by atoms with Crippen LogP contribution in [-0.4, -0.2) is 25.5 Å². The summed E-state index contributed by atoms with van der Waals surface area (Å²) in [5.74, 6) is 0. The summed E-state index contributed by atoms with van der Waals surface area (Å²) in [7, 11) is 4.36. The molecular formula is C23H31NZr. The van der Waals surface area contributed by atoms with Gasteiger partial charge in [-0.1, -0.05) is 0 Å². The summed E-state index contributed by atoms with van der Waals surface area (Å²) < 4.78 is 2.52. The van der Waals surface area contributed by atoms with Gasteiger partial charge in [0.25, 0.3) is 0 Å². The van der Waals surface area contributed by atoms with Crippen molar-refractivity contribution >= 4 is 6.08 Å². The third-order valence-electron chi connectivity index (χ3n) is 6.22. The Labute approximate surface area is 165 Å². The maximum atomic E-state index is 2.50. The second-order valence-electron chi connectivity index (χ2n) is 8.35. The number of benzene rings is 1. The molecule has 1 nitrogen and oxygen atoms in total. The molecule has 3 rings (SSSR count). The van der Waals surface area contributed by atoms with Crippen LogP contribution in [0, 0.1) is 5.41 Å². The first-order valence-corrected chi connectivity index (χ1v) is 12.0. The van der Waals surface area contributed by atoms with Crippen LogP contribution in [0.4, 0.5) is 0 Å². The minimum absolute atomic E-state index is 0.268. The Hall–Kier alpha value is -0.717. The summed E-state index contributed by atoms with van der Waals surface area (Å²) in [6.45, 7) is 13.1. The zero-order chi connectivity index (χ0) is 18.4. The molecule has 0 saturated heterocycles. The summed E-state index contributed by atoms with van der Waals surface area (Å²) in [4.78, 5) is 2.31. The average molecular weight is 413 g/mol. The van der Waals surface area contributed by atoms with Crippen molar-refractivity contribution in [2.75, 3.05) is 20.6 Å². The first-order chi connectivity index (χ1) is 11.7. The minimum atomic E-state index is -0.750. The van der Waals surface area contributed by atoms with Gasteiger partial charge in [0.1, 0.15) is 0 Å². The zero-order valence-electron chi connectivity index (χ0n) is 16.8. The Bertz CT molecular complexity index is 777. The second-order valence-corrected chi connectivity index (χ2v) is 11.7. The monoisotopic (exact) mass is 411 g/mol. The first kappa shape index (κ1) is 19.1. The molecule has 0 saturated carbocycles. The molecule has 2 aliphatic rings. The molecule has 0 amide bonds. The Morgan fingerprint density at radius 2 is 1.72 bits per heavy atom. The molecule has 1 aromatic rings. The number of nitrogens with zero attached hydrogens (tertiary/aromatic N) is 1. The fraction of sp³-hybridized carbons (Fsp3) is 0.478. The third kappa shape index (κ3) is 3.45. The van der Waals surface area contributed by atoms with Crippen molar-refractivity contribution < 1.29 is 23.2 Å². The van der Waals surface area contributed by atoms with Gasteiger partial charge in [-0.25, -0.2) is 0 Å². The molecule has 1 unspecified atom stereocenters. The molecule has 0 fully saturated rings. The van der Waals surface area contributed by atoms with Crippen LogP contribution < -0.4 is 0 Å². The van der Waals surface area contributed by atoms with Gasteiger partial charge in [-0.15, -0.1) is 0 Å². The number of rotatable bonds is 5. The van der Waals surface area contributed by atoms with Gasteiger partial charge in [0, 0.05) is 0 Å². The number of hydrogen-bond donors (Lipinski definition) is 0. The standard InChI is InChI=1S/C13H16N.C10H15.Zr/c1-14(2)8-7-11-9-12-5-3-4-6-13(12)10-11;1-7-6-10(4,5)9(3)8(7)2;/h3-6,9-10H,7-8H2,1-2H3;1-5H3;.